The number of benzene rings is 1. The number of nitrogen functional groups attached to an aromatic ring is 1. The Bertz CT molecular complexity index is 1320. The summed E-state index contributed by atoms with van der Waals surface area (Å²) in [5, 5.41) is 11.7. The summed E-state index contributed by atoms with van der Waals surface area (Å²) in [6, 6.07) is 11.5. The molecule has 0 bridgehead atoms. The van der Waals surface area contributed by atoms with E-state index in [9.17, 15) is 14.4 Å². The number of H-pyrrole nitrogens is 2. The topological polar surface area (TPSA) is 163 Å². The van der Waals surface area contributed by atoms with Crippen LogP contribution >= 0.6 is 12.4 Å². The van der Waals surface area contributed by atoms with Crippen molar-refractivity contribution >= 4 is 41.8 Å². The fourth-order valence-corrected chi connectivity index (χ4v) is 4.64. The zero-order chi connectivity index (χ0) is 30.0. The first kappa shape index (κ1) is 34.1. The number of aromatic carboxylic acids is 1. The van der Waals surface area contributed by atoms with Crippen LogP contribution in [0, 0.1) is 0 Å². The maximum atomic E-state index is 13.0. The lowest BCUT2D eigenvalue weighted by molar-refractivity contribution is 0.0162. The second kappa shape index (κ2) is 15.8. The molecule has 3 heterocycles. The number of nitrogens with two attached hydrogens (primary N) is 1. The van der Waals surface area contributed by atoms with Crippen LogP contribution < -0.4 is 11.1 Å². The van der Waals surface area contributed by atoms with Crippen LogP contribution in [0.2, 0.25) is 0 Å². The van der Waals surface area contributed by atoms with Gasteiger partial charge in [0, 0.05) is 25.5 Å². The molecule has 0 aliphatic carbocycles. The van der Waals surface area contributed by atoms with E-state index in [1.165, 1.54) is 12.3 Å². The lowest BCUT2D eigenvalue weighted by atomic mass is 9.95. The predicted molar refractivity (Wildman–Crippen MR) is 164 cm³/mol. The first-order chi connectivity index (χ1) is 19.5. The summed E-state index contributed by atoms with van der Waals surface area (Å²) in [7, 11) is 0. The van der Waals surface area contributed by atoms with Crippen molar-refractivity contribution < 1.29 is 29.0 Å². The van der Waals surface area contributed by atoms with Crippen LogP contribution in [-0.4, -0.2) is 56.8 Å². The molecule has 1 aromatic carbocycles. The van der Waals surface area contributed by atoms with Crippen molar-refractivity contribution in [1.29, 1.82) is 0 Å². The van der Waals surface area contributed by atoms with Crippen molar-refractivity contribution in [2.75, 3.05) is 24.2 Å². The van der Waals surface area contributed by atoms with Crippen LogP contribution in [0.4, 0.5) is 16.2 Å². The zero-order valence-corrected chi connectivity index (χ0v) is 25.4. The number of carboxylic acids is 1. The largest absolute Gasteiger partial charge is 0.477 e. The molecule has 230 valence electrons. The monoisotopic (exact) mass is 603 g/mol. The quantitative estimate of drug-likeness (QED) is 0.194. The number of aromatic amines is 2. The molecule has 42 heavy (non-hydrogen) atoms. The summed E-state index contributed by atoms with van der Waals surface area (Å²) in [6.07, 6.45) is 6.98. The van der Waals surface area contributed by atoms with Gasteiger partial charge in [0.1, 0.15) is 17.0 Å². The average Bonchev–Trinajstić information content (AvgIpc) is 3.49. The number of aromatic nitrogens is 2. The highest BCUT2D eigenvalue weighted by atomic mass is 35.5. The minimum Gasteiger partial charge on any atom is -0.477 e. The minimum atomic E-state index is -1.03. The van der Waals surface area contributed by atoms with Gasteiger partial charge in [-0.2, -0.15) is 0 Å². The third kappa shape index (κ3) is 9.47. The highest BCUT2D eigenvalue weighted by Crippen LogP contribution is 2.34. The highest BCUT2D eigenvalue weighted by molar-refractivity contribution is 5.93. The Balaban J connectivity index is 0.000000526. The maximum absolute atomic E-state index is 13.0. The van der Waals surface area contributed by atoms with Gasteiger partial charge in [0.05, 0.1) is 24.0 Å². The molecule has 0 saturated carbocycles. The van der Waals surface area contributed by atoms with Crippen molar-refractivity contribution in [2.24, 2.45) is 0 Å². The summed E-state index contributed by atoms with van der Waals surface area (Å²) in [5.41, 5.74) is 8.32. The molecule has 1 atom stereocenters. The van der Waals surface area contributed by atoms with Crippen molar-refractivity contribution in [3.63, 3.8) is 0 Å². The zero-order valence-electron chi connectivity index (χ0n) is 24.6. The Labute approximate surface area is 252 Å². The molecular formula is C30H42ClN5O6. The number of anilines is 2. The molecule has 2 aromatic heterocycles. The summed E-state index contributed by atoms with van der Waals surface area (Å²) in [4.78, 5) is 42.7. The molecule has 1 saturated heterocycles. The van der Waals surface area contributed by atoms with E-state index in [1.54, 1.807) is 13.1 Å². The normalized spacial score (nSPS) is 14.9. The molecule has 1 unspecified atom stereocenters. The summed E-state index contributed by atoms with van der Waals surface area (Å²) >= 11 is 0. The fraction of sp³-hybridized carbons (Fsp3) is 0.433. The van der Waals surface area contributed by atoms with Gasteiger partial charge in [-0.05, 0) is 63.8 Å². The number of esters is 1. The van der Waals surface area contributed by atoms with Gasteiger partial charge < -0.3 is 40.5 Å². The number of nitrogens with zero attached hydrogens (tertiary/aromatic N) is 1. The number of likely N-dealkylation sites (tertiary alicyclic amines) is 1. The maximum Gasteiger partial charge on any atom is 0.410 e. The van der Waals surface area contributed by atoms with Crippen molar-refractivity contribution in [2.45, 2.75) is 71.6 Å². The number of hydrogen-bond acceptors (Lipinski definition) is 7. The van der Waals surface area contributed by atoms with Crippen LogP contribution in [0.3, 0.4) is 0 Å². The number of ether oxygens (including phenoxy) is 2. The van der Waals surface area contributed by atoms with E-state index in [1.807, 2.05) is 43.9 Å². The Kier molecular flexibility index (Phi) is 12.8. The third-order valence-corrected chi connectivity index (χ3v) is 6.48. The first-order valence-corrected chi connectivity index (χ1v) is 13.8. The van der Waals surface area contributed by atoms with E-state index in [4.69, 9.17) is 20.3 Å². The summed E-state index contributed by atoms with van der Waals surface area (Å²) in [6.45, 7) is 9.01. The number of halogens is 1. The smallest absolute Gasteiger partial charge is 0.410 e. The molecule has 11 nitrogen and oxygen atoms in total. The predicted octanol–water partition coefficient (Wildman–Crippen LogP) is 6.37. The summed E-state index contributed by atoms with van der Waals surface area (Å²) < 4.78 is 10.8. The standard InChI is InChI=1S/C25H35N3O4.C5H6N2O2.ClH/c1-5-31-23(29)22-20(14-15-26-22)27-17-18-11-8-9-12-19(18)21-13-7-6-10-16-28(21)24(30)32-25(2,3)4;6-3-1-2-7-4(3)5(8)9;/h8-9,11-12,14-15,21,26-27H,5-7,10,13,16-17H2,1-4H3;1-2,7H,6H2,(H,8,9);1H. The van der Waals surface area contributed by atoms with Crippen molar-refractivity contribution in [1.82, 2.24) is 14.9 Å². The molecule has 3 aromatic rings. The lowest BCUT2D eigenvalue weighted by Gasteiger charge is -2.33. The molecule has 1 aliphatic rings. The van der Waals surface area contributed by atoms with Crippen LogP contribution in [-0.2, 0) is 16.0 Å². The lowest BCUT2D eigenvalue weighted by Crippen LogP contribution is -2.39. The Morgan fingerprint density at radius 3 is 2.36 bits per heavy atom. The van der Waals surface area contributed by atoms with Crippen LogP contribution in [0.5, 0.6) is 0 Å². The van der Waals surface area contributed by atoms with Crippen molar-refractivity contribution in [3.8, 4) is 0 Å². The van der Waals surface area contributed by atoms with E-state index in [-0.39, 0.29) is 41.9 Å². The molecule has 12 heteroatoms. The van der Waals surface area contributed by atoms with Crippen molar-refractivity contribution in [3.05, 3.63) is 71.3 Å². The fourth-order valence-electron chi connectivity index (χ4n) is 4.64. The van der Waals surface area contributed by atoms with Gasteiger partial charge in [-0.15, -0.1) is 12.4 Å². The summed E-state index contributed by atoms with van der Waals surface area (Å²) in [5.74, 6) is -1.41. The van der Waals surface area contributed by atoms with Gasteiger partial charge in [0.15, 0.2) is 0 Å². The molecule has 0 spiro atoms. The third-order valence-electron chi connectivity index (χ3n) is 6.48. The number of amides is 1. The molecule has 4 rings (SSSR count). The van der Waals surface area contributed by atoms with Gasteiger partial charge in [0.2, 0.25) is 0 Å². The van der Waals surface area contributed by atoms with E-state index < -0.39 is 11.6 Å². The Hall–Kier alpha value is -4.12. The van der Waals surface area contributed by atoms with Gasteiger partial charge in [0.25, 0.3) is 0 Å². The van der Waals surface area contributed by atoms with E-state index >= 15 is 0 Å². The Morgan fingerprint density at radius 1 is 1.05 bits per heavy atom. The SMILES string of the molecule is CCOC(=O)c1[nH]ccc1NCc1ccccc1C1CCCCCN1C(=O)OC(C)(C)C.Cl.Nc1cc[nH]c1C(=O)O. The molecular weight excluding hydrogens is 562 g/mol. The number of carbonyl (C=O) groups is 3. The van der Waals surface area contributed by atoms with Gasteiger partial charge >= 0.3 is 18.0 Å². The number of nitrogens with one attached hydrogen (secondary N) is 3. The van der Waals surface area contributed by atoms with Gasteiger partial charge in [-0.1, -0.05) is 37.1 Å². The first-order valence-electron chi connectivity index (χ1n) is 13.8. The average molecular weight is 604 g/mol. The van der Waals surface area contributed by atoms with Crippen LogP contribution in [0.15, 0.2) is 48.8 Å². The number of rotatable bonds is 7. The second-order valence-electron chi connectivity index (χ2n) is 10.7. The number of carboxylic acid groups (broad SMARTS) is 1. The van der Waals surface area contributed by atoms with Crippen LogP contribution in [0.1, 0.15) is 91.5 Å². The second-order valence-corrected chi connectivity index (χ2v) is 10.7. The van der Waals surface area contributed by atoms with Gasteiger partial charge in [-0.3, -0.25) is 0 Å². The van der Waals surface area contributed by atoms with Gasteiger partial charge in [-0.25, -0.2) is 14.4 Å². The van der Waals surface area contributed by atoms with E-state index in [2.05, 4.69) is 27.4 Å². The highest BCUT2D eigenvalue weighted by Gasteiger charge is 2.31. The molecule has 1 aliphatic heterocycles. The van der Waals surface area contributed by atoms with E-state index in [0.29, 0.717) is 31.1 Å². The molecule has 0 radical (unpaired) electrons. The molecule has 1 fully saturated rings. The van der Waals surface area contributed by atoms with Crippen LogP contribution in [0.25, 0.3) is 0 Å². The number of carbonyl (C=O) groups excluding carboxylic acids is 2. The number of hydrogen-bond donors (Lipinski definition) is 5. The minimum absolute atomic E-state index is 0. The Morgan fingerprint density at radius 2 is 1.74 bits per heavy atom. The molecule has 6 N–H and O–H groups in total. The molecule has 1 amide bonds. The van der Waals surface area contributed by atoms with E-state index in [0.717, 1.165) is 36.8 Å².